The fourth-order valence-corrected chi connectivity index (χ4v) is 2.59. The first-order valence-corrected chi connectivity index (χ1v) is 6.45. The molecule has 0 amide bonds. The lowest BCUT2D eigenvalue weighted by Crippen LogP contribution is -2.33. The van der Waals surface area contributed by atoms with Crippen molar-refractivity contribution in [3.8, 4) is 0 Å². The Morgan fingerprint density at radius 1 is 1.29 bits per heavy atom. The summed E-state index contributed by atoms with van der Waals surface area (Å²) in [5.41, 5.74) is 3.34. The van der Waals surface area contributed by atoms with Crippen LogP contribution in [-0.2, 0) is 0 Å². The Hall–Kier alpha value is -0.520. The van der Waals surface area contributed by atoms with Crippen LogP contribution in [0, 0.1) is 17.6 Å². The van der Waals surface area contributed by atoms with Crippen molar-refractivity contribution in [2.45, 2.75) is 32.7 Å². The molecule has 3 N–H and O–H groups in total. The van der Waals surface area contributed by atoms with E-state index >= 15 is 0 Å². The number of rotatable bonds is 5. The van der Waals surface area contributed by atoms with Gasteiger partial charge in [-0.3, -0.25) is 11.3 Å². The lowest BCUT2D eigenvalue weighted by molar-refractivity contribution is 0.342. The number of hydrazine groups is 1. The van der Waals surface area contributed by atoms with Crippen molar-refractivity contribution in [3.05, 3.63) is 33.8 Å². The molecule has 1 rings (SSSR count). The van der Waals surface area contributed by atoms with E-state index in [2.05, 4.69) is 21.4 Å². The third-order valence-corrected chi connectivity index (χ3v) is 3.91. The minimum absolute atomic E-state index is 0.146. The molecule has 0 saturated carbocycles. The first kappa shape index (κ1) is 14.5. The lowest BCUT2D eigenvalue weighted by Gasteiger charge is -2.26. The number of halogens is 3. The molecule has 0 aliphatic heterocycles. The second-order valence-corrected chi connectivity index (χ2v) is 4.78. The van der Waals surface area contributed by atoms with Crippen molar-refractivity contribution in [3.63, 3.8) is 0 Å². The highest BCUT2D eigenvalue weighted by atomic mass is 79.9. The first-order valence-electron chi connectivity index (χ1n) is 5.66. The number of nitrogens with two attached hydrogens (primary N) is 1. The summed E-state index contributed by atoms with van der Waals surface area (Å²) in [7, 11) is 0. The number of benzene rings is 1. The summed E-state index contributed by atoms with van der Waals surface area (Å²) in [5, 5.41) is 0. The van der Waals surface area contributed by atoms with E-state index in [9.17, 15) is 8.78 Å². The topological polar surface area (TPSA) is 38.0 Å². The summed E-state index contributed by atoms with van der Waals surface area (Å²) in [6, 6.07) is 2.50. The Bertz CT molecular complexity index is 381. The number of hydrogen-bond donors (Lipinski definition) is 2. The van der Waals surface area contributed by atoms with Crippen LogP contribution in [0.1, 0.15) is 38.3 Å². The fourth-order valence-electron chi connectivity index (χ4n) is 2.02. The highest BCUT2D eigenvalue weighted by Gasteiger charge is 2.23. The summed E-state index contributed by atoms with van der Waals surface area (Å²) >= 11 is 3.09. The van der Waals surface area contributed by atoms with Crippen molar-refractivity contribution in [2.75, 3.05) is 0 Å². The number of nitrogens with one attached hydrogen (secondary N) is 1. The molecule has 0 fully saturated rings. The third-order valence-electron chi connectivity index (χ3n) is 3.10. The zero-order valence-electron chi connectivity index (χ0n) is 9.93. The molecule has 0 bridgehead atoms. The summed E-state index contributed by atoms with van der Waals surface area (Å²) in [6.07, 6.45) is 1.83. The van der Waals surface area contributed by atoms with Gasteiger partial charge in [-0.05, 0) is 33.5 Å². The minimum atomic E-state index is -0.867. The van der Waals surface area contributed by atoms with Crippen molar-refractivity contribution < 1.29 is 8.78 Å². The third kappa shape index (κ3) is 3.03. The highest BCUT2D eigenvalue weighted by Crippen LogP contribution is 2.33. The van der Waals surface area contributed by atoms with Crippen LogP contribution in [0.3, 0.4) is 0 Å². The maximum atomic E-state index is 13.5. The summed E-state index contributed by atoms with van der Waals surface area (Å²) in [4.78, 5) is 0. The standard InChI is InChI=1S/C12H17BrF2N2/c1-3-7(4-2)12(17-16)8-5-6-9(14)11(15)10(8)13/h5-7,12,17H,3-4,16H2,1-2H3. The summed E-state index contributed by atoms with van der Waals surface area (Å²) in [6.45, 7) is 4.10. The highest BCUT2D eigenvalue weighted by molar-refractivity contribution is 9.10. The predicted molar refractivity (Wildman–Crippen MR) is 68.2 cm³/mol. The molecule has 1 unspecified atom stereocenters. The van der Waals surface area contributed by atoms with Crippen LogP contribution in [0.2, 0.25) is 0 Å². The summed E-state index contributed by atoms with van der Waals surface area (Å²) < 4.78 is 26.6. The molecule has 0 spiro atoms. The molecular formula is C12H17BrF2N2. The monoisotopic (exact) mass is 306 g/mol. The van der Waals surface area contributed by atoms with E-state index in [1.807, 2.05) is 13.8 Å². The Kier molecular flexibility index (Phi) is 5.49. The van der Waals surface area contributed by atoms with Crippen LogP contribution in [0.25, 0.3) is 0 Å². The Balaban J connectivity index is 3.16. The molecular weight excluding hydrogens is 290 g/mol. The van der Waals surface area contributed by atoms with Crippen LogP contribution in [0.4, 0.5) is 8.78 Å². The van der Waals surface area contributed by atoms with Gasteiger partial charge in [0.25, 0.3) is 0 Å². The average Bonchev–Trinajstić information content (AvgIpc) is 2.34. The number of hydrogen-bond acceptors (Lipinski definition) is 2. The Morgan fingerprint density at radius 3 is 2.35 bits per heavy atom. The van der Waals surface area contributed by atoms with Gasteiger partial charge in [-0.15, -0.1) is 0 Å². The van der Waals surface area contributed by atoms with Gasteiger partial charge in [-0.1, -0.05) is 32.8 Å². The molecule has 2 nitrogen and oxygen atoms in total. The van der Waals surface area contributed by atoms with Crippen LogP contribution in [-0.4, -0.2) is 0 Å². The zero-order chi connectivity index (χ0) is 13.0. The van der Waals surface area contributed by atoms with Gasteiger partial charge < -0.3 is 0 Å². The van der Waals surface area contributed by atoms with Gasteiger partial charge in [0.1, 0.15) is 0 Å². The van der Waals surface area contributed by atoms with Crippen LogP contribution in [0.5, 0.6) is 0 Å². The van der Waals surface area contributed by atoms with Gasteiger partial charge >= 0.3 is 0 Å². The predicted octanol–water partition coefficient (Wildman–Crippen LogP) is 3.67. The van der Waals surface area contributed by atoms with E-state index in [4.69, 9.17) is 5.84 Å². The van der Waals surface area contributed by atoms with E-state index in [-0.39, 0.29) is 16.4 Å². The van der Waals surface area contributed by atoms with Gasteiger partial charge in [0, 0.05) is 6.04 Å². The molecule has 0 aliphatic rings. The van der Waals surface area contributed by atoms with Crippen LogP contribution >= 0.6 is 15.9 Å². The molecule has 0 heterocycles. The maximum Gasteiger partial charge on any atom is 0.173 e. The Labute approximate surface area is 109 Å². The van der Waals surface area contributed by atoms with Gasteiger partial charge in [0.2, 0.25) is 0 Å². The molecule has 17 heavy (non-hydrogen) atoms. The molecule has 0 saturated heterocycles. The molecule has 0 aliphatic carbocycles. The van der Waals surface area contributed by atoms with E-state index in [1.54, 1.807) is 6.07 Å². The normalized spacial score (nSPS) is 13.1. The second-order valence-electron chi connectivity index (χ2n) is 3.99. The van der Waals surface area contributed by atoms with Crippen LogP contribution in [0.15, 0.2) is 16.6 Å². The van der Waals surface area contributed by atoms with Gasteiger partial charge in [-0.2, -0.15) is 0 Å². The van der Waals surface area contributed by atoms with E-state index in [0.29, 0.717) is 5.56 Å². The van der Waals surface area contributed by atoms with Crippen LogP contribution < -0.4 is 11.3 Å². The van der Waals surface area contributed by atoms with E-state index < -0.39 is 11.6 Å². The smallest absolute Gasteiger partial charge is 0.173 e. The first-order chi connectivity index (χ1) is 8.06. The van der Waals surface area contributed by atoms with Gasteiger partial charge in [0.15, 0.2) is 11.6 Å². The fraction of sp³-hybridized carbons (Fsp3) is 0.500. The maximum absolute atomic E-state index is 13.5. The van der Waals surface area contributed by atoms with E-state index in [1.165, 1.54) is 0 Å². The molecule has 0 radical (unpaired) electrons. The molecule has 5 heteroatoms. The van der Waals surface area contributed by atoms with Crippen molar-refractivity contribution in [1.29, 1.82) is 0 Å². The van der Waals surface area contributed by atoms with Crippen molar-refractivity contribution in [1.82, 2.24) is 5.43 Å². The molecule has 1 aromatic carbocycles. The molecule has 1 atom stereocenters. The van der Waals surface area contributed by atoms with Crippen molar-refractivity contribution >= 4 is 15.9 Å². The second kappa shape index (κ2) is 6.42. The SMILES string of the molecule is CCC(CC)C(NN)c1ccc(F)c(F)c1Br. The Morgan fingerprint density at radius 2 is 1.88 bits per heavy atom. The molecule has 96 valence electrons. The summed E-state index contributed by atoms with van der Waals surface area (Å²) in [5.74, 6) is 4.08. The van der Waals surface area contributed by atoms with E-state index in [0.717, 1.165) is 18.9 Å². The van der Waals surface area contributed by atoms with Crippen molar-refractivity contribution in [2.24, 2.45) is 11.8 Å². The zero-order valence-corrected chi connectivity index (χ0v) is 11.5. The molecule has 1 aromatic rings. The quantitative estimate of drug-likeness (QED) is 0.495. The molecule has 0 aromatic heterocycles. The average molecular weight is 307 g/mol. The van der Waals surface area contributed by atoms with Gasteiger partial charge in [-0.25, -0.2) is 8.78 Å². The minimum Gasteiger partial charge on any atom is -0.271 e. The lowest BCUT2D eigenvalue weighted by atomic mass is 9.89. The largest absolute Gasteiger partial charge is 0.271 e. The van der Waals surface area contributed by atoms with Gasteiger partial charge in [0.05, 0.1) is 4.47 Å².